The first-order chi connectivity index (χ1) is 17.5. The van der Waals surface area contributed by atoms with Gasteiger partial charge < -0.3 is 10.2 Å². The number of hydrogen-bond acceptors (Lipinski definition) is 2. The van der Waals surface area contributed by atoms with Gasteiger partial charge in [0.15, 0.2) is 0 Å². The first-order valence-corrected chi connectivity index (χ1v) is 11.5. The summed E-state index contributed by atoms with van der Waals surface area (Å²) in [5.74, 6) is -1.93. The number of aromatic carboxylic acids is 2. The molecule has 2 N–H and O–H groups in total. The molecule has 0 saturated heterocycles. The normalized spacial score (nSPS) is 10.7. The van der Waals surface area contributed by atoms with E-state index in [0.29, 0.717) is 0 Å². The van der Waals surface area contributed by atoms with E-state index in [4.69, 9.17) is 0 Å². The van der Waals surface area contributed by atoms with E-state index >= 15 is 0 Å². The second kappa shape index (κ2) is 9.72. The molecule has 0 amide bonds. The summed E-state index contributed by atoms with van der Waals surface area (Å²) in [6.07, 6.45) is 0. The minimum Gasteiger partial charge on any atom is -0.478 e. The molecule has 0 fully saturated rings. The number of carbonyl (C=O) groups is 2. The molecule has 0 aliphatic heterocycles. The Bertz CT molecular complexity index is 1550. The van der Waals surface area contributed by atoms with Crippen molar-refractivity contribution in [3.63, 3.8) is 0 Å². The monoisotopic (exact) mass is 470 g/mol. The van der Waals surface area contributed by atoms with Gasteiger partial charge in [0, 0.05) is 0 Å². The molecule has 0 aliphatic rings. The maximum absolute atomic E-state index is 11.7. The highest BCUT2D eigenvalue weighted by Gasteiger charge is 2.15. The summed E-state index contributed by atoms with van der Waals surface area (Å²) in [5.41, 5.74) is 8.04. The quantitative estimate of drug-likeness (QED) is 0.266. The predicted octanol–water partition coefficient (Wildman–Crippen LogP) is 7.75. The average Bonchev–Trinajstić information content (AvgIpc) is 2.93. The number of carboxylic acids is 2. The van der Waals surface area contributed by atoms with Crippen molar-refractivity contribution < 1.29 is 19.8 Å². The minimum atomic E-state index is -0.969. The fourth-order valence-corrected chi connectivity index (χ4v) is 4.40. The van der Waals surface area contributed by atoms with Crippen LogP contribution in [0.3, 0.4) is 0 Å². The molecule has 0 bridgehead atoms. The molecule has 0 aromatic heterocycles. The lowest BCUT2D eigenvalue weighted by Crippen LogP contribution is -1.98. The third-order valence-electron chi connectivity index (χ3n) is 6.21. The molecule has 4 heteroatoms. The second-order valence-electron chi connectivity index (χ2n) is 8.44. The average molecular weight is 471 g/mol. The van der Waals surface area contributed by atoms with Crippen molar-refractivity contribution in [1.29, 1.82) is 0 Å². The Morgan fingerprint density at radius 3 is 1.36 bits per heavy atom. The molecule has 5 aromatic carbocycles. The van der Waals surface area contributed by atoms with Crippen molar-refractivity contribution in [1.82, 2.24) is 0 Å². The molecule has 0 unspecified atom stereocenters. The Labute approximate surface area is 208 Å². The number of carboxylic acid groups (broad SMARTS) is 2. The van der Waals surface area contributed by atoms with Gasteiger partial charge in [0.2, 0.25) is 0 Å². The fraction of sp³-hybridized carbons (Fsp3) is 0. The number of rotatable bonds is 6. The maximum atomic E-state index is 11.7. The van der Waals surface area contributed by atoms with Gasteiger partial charge >= 0.3 is 11.9 Å². The Balaban J connectivity index is 1.71. The lowest BCUT2D eigenvalue weighted by Gasteiger charge is -2.16. The van der Waals surface area contributed by atoms with Crippen LogP contribution in [0.15, 0.2) is 121 Å². The zero-order chi connectivity index (χ0) is 25.1. The highest BCUT2D eigenvalue weighted by Crippen LogP contribution is 2.39. The van der Waals surface area contributed by atoms with Crippen LogP contribution in [0.4, 0.5) is 0 Å². The summed E-state index contributed by atoms with van der Waals surface area (Å²) < 4.78 is 0. The van der Waals surface area contributed by atoms with Gasteiger partial charge in [-0.2, -0.15) is 0 Å². The van der Waals surface area contributed by atoms with E-state index in [9.17, 15) is 19.8 Å². The zero-order valence-corrected chi connectivity index (χ0v) is 19.3. The van der Waals surface area contributed by atoms with Gasteiger partial charge in [0.25, 0.3) is 0 Å². The van der Waals surface area contributed by atoms with Crippen LogP contribution in [-0.2, 0) is 0 Å². The summed E-state index contributed by atoms with van der Waals surface area (Å²) >= 11 is 0. The summed E-state index contributed by atoms with van der Waals surface area (Å²) in [6, 6.07) is 38.0. The standard InChI is InChI=1S/C32H22O4/c33-31(34)24-13-11-23(12-14-24)27-17-15-25(19-29(27)21-7-3-1-4-8-21)28-18-16-26(32(35)36)20-30(28)22-9-5-2-6-10-22/h1-20H,(H,33,34)(H,35,36). The van der Waals surface area contributed by atoms with E-state index in [1.54, 1.807) is 24.3 Å². The molecule has 0 atom stereocenters. The van der Waals surface area contributed by atoms with Crippen LogP contribution in [0.2, 0.25) is 0 Å². The van der Waals surface area contributed by atoms with Crippen LogP contribution < -0.4 is 0 Å². The third-order valence-corrected chi connectivity index (χ3v) is 6.21. The van der Waals surface area contributed by atoms with E-state index in [1.807, 2.05) is 91.0 Å². The van der Waals surface area contributed by atoms with Gasteiger partial charge in [0.05, 0.1) is 11.1 Å². The molecule has 0 spiro atoms. The molecule has 5 aromatic rings. The van der Waals surface area contributed by atoms with Gasteiger partial charge in [-0.3, -0.25) is 0 Å². The van der Waals surface area contributed by atoms with Gasteiger partial charge in [-0.25, -0.2) is 9.59 Å². The molecular formula is C32H22O4. The maximum Gasteiger partial charge on any atom is 0.335 e. The summed E-state index contributed by atoms with van der Waals surface area (Å²) in [6.45, 7) is 0. The van der Waals surface area contributed by atoms with E-state index < -0.39 is 11.9 Å². The lowest BCUT2D eigenvalue weighted by atomic mass is 9.88. The third kappa shape index (κ3) is 4.52. The highest BCUT2D eigenvalue weighted by molar-refractivity contribution is 5.95. The first kappa shape index (κ1) is 22.8. The zero-order valence-electron chi connectivity index (χ0n) is 19.3. The summed E-state index contributed by atoms with van der Waals surface area (Å²) in [7, 11) is 0. The molecular weight excluding hydrogens is 448 g/mol. The minimum absolute atomic E-state index is 0.232. The van der Waals surface area contributed by atoms with E-state index in [-0.39, 0.29) is 11.1 Å². The van der Waals surface area contributed by atoms with Crippen molar-refractivity contribution in [2.45, 2.75) is 0 Å². The predicted molar refractivity (Wildman–Crippen MR) is 142 cm³/mol. The molecule has 0 aliphatic carbocycles. The molecule has 0 heterocycles. The van der Waals surface area contributed by atoms with Crippen molar-refractivity contribution in [2.24, 2.45) is 0 Å². The van der Waals surface area contributed by atoms with E-state index in [1.165, 1.54) is 0 Å². The Hall–Kier alpha value is -4.96. The molecule has 5 rings (SSSR count). The molecule has 4 nitrogen and oxygen atoms in total. The number of hydrogen-bond donors (Lipinski definition) is 2. The SMILES string of the molecule is O=C(O)c1ccc(-c2ccc(-c3ccc(C(=O)O)cc3-c3ccccc3)cc2-c2ccccc2)cc1. The molecule has 174 valence electrons. The van der Waals surface area contributed by atoms with Gasteiger partial charge in [-0.1, -0.05) is 91.0 Å². The lowest BCUT2D eigenvalue weighted by molar-refractivity contribution is 0.0686. The second-order valence-corrected chi connectivity index (χ2v) is 8.44. The summed E-state index contributed by atoms with van der Waals surface area (Å²) in [5, 5.41) is 18.9. The van der Waals surface area contributed by atoms with Crippen molar-refractivity contribution in [3.8, 4) is 44.5 Å². The first-order valence-electron chi connectivity index (χ1n) is 11.5. The van der Waals surface area contributed by atoms with Crippen LogP contribution >= 0.6 is 0 Å². The van der Waals surface area contributed by atoms with Crippen LogP contribution in [0.5, 0.6) is 0 Å². The largest absolute Gasteiger partial charge is 0.478 e. The van der Waals surface area contributed by atoms with Crippen molar-refractivity contribution in [3.05, 3.63) is 132 Å². The molecule has 0 radical (unpaired) electrons. The van der Waals surface area contributed by atoms with E-state index in [2.05, 4.69) is 6.07 Å². The Kier molecular flexibility index (Phi) is 6.16. The topological polar surface area (TPSA) is 74.6 Å². The van der Waals surface area contributed by atoms with Gasteiger partial charge in [-0.05, 0) is 74.8 Å². The number of benzene rings is 5. The van der Waals surface area contributed by atoms with Crippen LogP contribution in [0.1, 0.15) is 20.7 Å². The van der Waals surface area contributed by atoms with Crippen molar-refractivity contribution >= 4 is 11.9 Å². The fourth-order valence-electron chi connectivity index (χ4n) is 4.40. The Morgan fingerprint density at radius 2 is 0.806 bits per heavy atom. The van der Waals surface area contributed by atoms with Gasteiger partial charge in [0.1, 0.15) is 0 Å². The van der Waals surface area contributed by atoms with Crippen LogP contribution in [0.25, 0.3) is 44.5 Å². The van der Waals surface area contributed by atoms with Crippen LogP contribution in [-0.4, -0.2) is 22.2 Å². The van der Waals surface area contributed by atoms with Gasteiger partial charge in [-0.15, -0.1) is 0 Å². The smallest absolute Gasteiger partial charge is 0.335 e. The van der Waals surface area contributed by atoms with Crippen molar-refractivity contribution in [2.75, 3.05) is 0 Å². The van der Waals surface area contributed by atoms with E-state index in [0.717, 1.165) is 44.5 Å². The van der Waals surface area contributed by atoms with Crippen LogP contribution in [0, 0.1) is 0 Å². The Morgan fingerprint density at radius 1 is 0.389 bits per heavy atom. The summed E-state index contributed by atoms with van der Waals surface area (Å²) in [4.78, 5) is 23.0. The highest BCUT2D eigenvalue weighted by atomic mass is 16.4. The molecule has 0 saturated carbocycles. The molecule has 36 heavy (non-hydrogen) atoms.